The monoisotopic (exact) mass is 303 g/mol. The van der Waals surface area contributed by atoms with Crippen molar-refractivity contribution in [2.45, 2.75) is 19.9 Å². The van der Waals surface area contributed by atoms with Crippen molar-refractivity contribution in [1.82, 2.24) is 15.2 Å². The maximum atomic E-state index is 12.1. The molecule has 0 saturated heterocycles. The molecule has 0 unspecified atom stereocenters. The van der Waals surface area contributed by atoms with Crippen LogP contribution >= 0.6 is 23.2 Å². The highest BCUT2D eigenvalue weighted by atomic mass is 35.5. The average molecular weight is 304 g/mol. The zero-order valence-corrected chi connectivity index (χ0v) is 12.4. The number of carbonyl (C=O) groups excluding carboxylic acids is 2. The Labute approximate surface area is 121 Å². The molecule has 0 aromatic carbocycles. The Bertz CT molecular complexity index is 472. The predicted molar refractivity (Wildman–Crippen MR) is 74.5 cm³/mol. The first kappa shape index (κ1) is 15.7. The Morgan fingerprint density at radius 1 is 1.32 bits per heavy atom. The van der Waals surface area contributed by atoms with Crippen molar-refractivity contribution in [3.63, 3.8) is 0 Å². The zero-order valence-electron chi connectivity index (χ0n) is 10.9. The van der Waals surface area contributed by atoms with Gasteiger partial charge in [-0.2, -0.15) is 0 Å². The van der Waals surface area contributed by atoms with Crippen LogP contribution in [0.2, 0.25) is 10.3 Å². The molecule has 0 spiro atoms. The summed E-state index contributed by atoms with van der Waals surface area (Å²) in [6.07, 6.45) is 0. The van der Waals surface area contributed by atoms with E-state index in [-0.39, 0.29) is 34.7 Å². The van der Waals surface area contributed by atoms with E-state index in [9.17, 15) is 9.59 Å². The molecule has 19 heavy (non-hydrogen) atoms. The molecule has 1 heterocycles. The number of nitrogens with one attached hydrogen (secondary N) is 1. The number of pyridine rings is 1. The Hall–Kier alpha value is -1.33. The molecule has 0 atom stereocenters. The summed E-state index contributed by atoms with van der Waals surface area (Å²) in [5, 5.41) is 2.98. The van der Waals surface area contributed by atoms with Gasteiger partial charge in [-0.3, -0.25) is 9.59 Å². The van der Waals surface area contributed by atoms with E-state index < -0.39 is 0 Å². The summed E-state index contributed by atoms with van der Waals surface area (Å²) < 4.78 is 0. The average Bonchev–Trinajstić information content (AvgIpc) is 2.25. The van der Waals surface area contributed by atoms with E-state index in [1.54, 1.807) is 0 Å². The largest absolute Gasteiger partial charge is 0.352 e. The molecule has 1 N–H and O–H groups in total. The summed E-state index contributed by atoms with van der Waals surface area (Å²) in [4.78, 5) is 28.7. The molecule has 5 nitrogen and oxygen atoms in total. The number of likely N-dealkylation sites (N-methyl/N-ethyl adjacent to an activating group) is 1. The first-order valence-corrected chi connectivity index (χ1v) is 6.43. The van der Waals surface area contributed by atoms with Gasteiger partial charge in [-0.05, 0) is 26.0 Å². The van der Waals surface area contributed by atoms with Crippen LogP contribution in [0.15, 0.2) is 12.1 Å². The second-order valence-corrected chi connectivity index (χ2v) is 5.16. The van der Waals surface area contributed by atoms with Crippen LogP contribution in [0.25, 0.3) is 0 Å². The van der Waals surface area contributed by atoms with E-state index in [1.807, 2.05) is 13.8 Å². The van der Waals surface area contributed by atoms with Crippen LogP contribution in [-0.2, 0) is 4.79 Å². The molecule has 0 fully saturated rings. The van der Waals surface area contributed by atoms with Gasteiger partial charge in [-0.25, -0.2) is 4.98 Å². The summed E-state index contributed by atoms with van der Waals surface area (Å²) >= 11 is 11.5. The normalized spacial score (nSPS) is 10.4. The zero-order chi connectivity index (χ0) is 14.6. The molecule has 0 radical (unpaired) electrons. The fourth-order valence-electron chi connectivity index (χ4n) is 1.46. The summed E-state index contributed by atoms with van der Waals surface area (Å²) in [5.74, 6) is -0.567. The van der Waals surface area contributed by atoms with Crippen LogP contribution in [0, 0.1) is 0 Å². The number of hydrogen-bond acceptors (Lipinski definition) is 3. The van der Waals surface area contributed by atoms with Gasteiger partial charge in [-0.1, -0.05) is 23.2 Å². The van der Waals surface area contributed by atoms with E-state index in [0.717, 1.165) is 0 Å². The fraction of sp³-hybridized carbons (Fsp3) is 0.417. The van der Waals surface area contributed by atoms with Crippen LogP contribution in [0.3, 0.4) is 0 Å². The van der Waals surface area contributed by atoms with Gasteiger partial charge in [0.15, 0.2) is 0 Å². The van der Waals surface area contributed by atoms with Crippen molar-refractivity contribution in [3.8, 4) is 0 Å². The van der Waals surface area contributed by atoms with E-state index in [4.69, 9.17) is 23.2 Å². The highest BCUT2D eigenvalue weighted by Gasteiger charge is 2.16. The Balaban J connectivity index is 2.74. The summed E-state index contributed by atoms with van der Waals surface area (Å²) in [6.45, 7) is 3.67. The van der Waals surface area contributed by atoms with Gasteiger partial charge in [0.05, 0.1) is 6.54 Å². The van der Waals surface area contributed by atoms with Crippen molar-refractivity contribution in [2.75, 3.05) is 13.6 Å². The lowest BCUT2D eigenvalue weighted by molar-refractivity contribution is -0.122. The molecule has 0 aliphatic heterocycles. The molecular weight excluding hydrogens is 289 g/mol. The lowest BCUT2D eigenvalue weighted by atomic mass is 10.2. The Morgan fingerprint density at radius 3 is 2.32 bits per heavy atom. The van der Waals surface area contributed by atoms with Crippen molar-refractivity contribution >= 4 is 35.0 Å². The number of hydrogen-bond donors (Lipinski definition) is 1. The highest BCUT2D eigenvalue weighted by Crippen LogP contribution is 2.15. The molecule has 0 aliphatic rings. The van der Waals surface area contributed by atoms with E-state index in [0.29, 0.717) is 5.56 Å². The number of rotatable bonds is 4. The van der Waals surface area contributed by atoms with E-state index in [2.05, 4.69) is 10.3 Å². The molecule has 7 heteroatoms. The second-order valence-electron chi connectivity index (χ2n) is 4.38. The topological polar surface area (TPSA) is 62.3 Å². The molecule has 1 rings (SSSR count). The minimum Gasteiger partial charge on any atom is -0.352 e. The second kappa shape index (κ2) is 6.73. The predicted octanol–water partition coefficient (Wildman–Crippen LogP) is 1.98. The van der Waals surface area contributed by atoms with E-state index >= 15 is 0 Å². The van der Waals surface area contributed by atoms with Crippen molar-refractivity contribution in [3.05, 3.63) is 28.0 Å². The first-order valence-electron chi connectivity index (χ1n) is 5.67. The molecule has 0 aliphatic carbocycles. The van der Waals surface area contributed by atoms with Crippen molar-refractivity contribution in [2.24, 2.45) is 0 Å². The van der Waals surface area contributed by atoms with Crippen LogP contribution in [0.4, 0.5) is 0 Å². The molecule has 0 bridgehead atoms. The maximum Gasteiger partial charge on any atom is 0.254 e. The SMILES string of the molecule is CC(C)NC(=O)CN(C)C(=O)c1cc(Cl)nc(Cl)c1. The maximum absolute atomic E-state index is 12.1. The fourth-order valence-corrected chi connectivity index (χ4v) is 1.92. The molecule has 0 saturated carbocycles. The van der Waals surface area contributed by atoms with E-state index in [1.165, 1.54) is 24.1 Å². The summed E-state index contributed by atoms with van der Waals surface area (Å²) in [7, 11) is 1.53. The van der Waals surface area contributed by atoms with Gasteiger partial charge < -0.3 is 10.2 Å². The lowest BCUT2D eigenvalue weighted by Gasteiger charge is -2.18. The van der Waals surface area contributed by atoms with Gasteiger partial charge in [0, 0.05) is 18.7 Å². The van der Waals surface area contributed by atoms with Crippen molar-refractivity contribution < 1.29 is 9.59 Å². The van der Waals surface area contributed by atoms with Crippen LogP contribution in [0.5, 0.6) is 0 Å². The minimum absolute atomic E-state index is 0.0285. The third-order valence-corrected chi connectivity index (χ3v) is 2.57. The standard InChI is InChI=1S/C12H15Cl2N3O2/c1-7(2)15-11(18)6-17(3)12(19)8-4-9(13)16-10(14)5-8/h4-5,7H,6H2,1-3H3,(H,15,18). The summed E-state index contributed by atoms with van der Waals surface area (Å²) in [6, 6.07) is 2.85. The van der Waals surface area contributed by atoms with Gasteiger partial charge in [0.2, 0.25) is 5.91 Å². The smallest absolute Gasteiger partial charge is 0.254 e. The first-order chi connectivity index (χ1) is 8.79. The number of carbonyl (C=O) groups is 2. The molecule has 2 amide bonds. The third-order valence-electron chi connectivity index (χ3n) is 2.19. The van der Waals surface area contributed by atoms with Gasteiger partial charge in [0.25, 0.3) is 5.91 Å². The molecular formula is C12H15Cl2N3O2. The summed E-state index contributed by atoms with van der Waals surface area (Å²) in [5.41, 5.74) is 0.296. The Morgan fingerprint density at radius 2 is 1.84 bits per heavy atom. The third kappa shape index (κ3) is 5.04. The lowest BCUT2D eigenvalue weighted by Crippen LogP contribution is -2.40. The van der Waals surface area contributed by atoms with Gasteiger partial charge >= 0.3 is 0 Å². The molecule has 104 valence electrons. The highest BCUT2D eigenvalue weighted by molar-refractivity contribution is 6.33. The molecule has 1 aromatic rings. The van der Waals surface area contributed by atoms with Gasteiger partial charge in [-0.15, -0.1) is 0 Å². The number of amides is 2. The Kier molecular flexibility index (Phi) is 5.57. The van der Waals surface area contributed by atoms with Crippen LogP contribution < -0.4 is 5.32 Å². The minimum atomic E-state index is -0.342. The van der Waals surface area contributed by atoms with Crippen LogP contribution in [-0.4, -0.2) is 41.3 Å². The molecule has 1 aromatic heterocycles. The van der Waals surface area contributed by atoms with Crippen LogP contribution in [0.1, 0.15) is 24.2 Å². The quantitative estimate of drug-likeness (QED) is 0.865. The number of halogens is 2. The number of aromatic nitrogens is 1. The van der Waals surface area contributed by atoms with Crippen molar-refractivity contribution in [1.29, 1.82) is 0 Å². The number of nitrogens with zero attached hydrogens (tertiary/aromatic N) is 2. The van der Waals surface area contributed by atoms with Gasteiger partial charge in [0.1, 0.15) is 10.3 Å².